The second-order valence-corrected chi connectivity index (χ2v) is 8.02. The van der Waals surface area contributed by atoms with Gasteiger partial charge >= 0.3 is 0 Å². The van der Waals surface area contributed by atoms with Gasteiger partial charge in [-0.15, -0.1) is 0 Å². The zero-order valence-corrected chi connectivity index (χ0v) is 18.9. The molecule has 0 unspecified atom stereocenters. The van der Waals surface area contributed by atoms with Crippen molar-refractivity contribution in [3.05, 3.63) is 109 Å². The first-order valence-electron chi connectivity index (χ1n) is 11.3. The number of benzene rings is 3. The summed E-state index contributed by atoms with van der Waals surface area (Å²) in [6, 6.07) is 30.0. The highest BCUT2D eigenvalue weighted by Gasteiger charge is 2.11. The number of carbonyl (C=O) groups excluding carboxylic acids is 1. The smallest absolute Gasteiger partial charge is 0.228 e. The molecule has 5 nitrogen and oxygen atoms in total. The summed E-state index contributed by atoms with van der Waals surface area (Å²) >= 11 is 0. The molecule has 168 valence electrons. The molecule has 3 aromatic carbocycles. The molecule has 0 bridgehead atoms. The minimum absolute atomic E-state index is 0.0889. The second kappa shape index (κ2) is 9.63. The van der Waals surface area contributed by atoms with E-state index in [-0.39, 0.29) is 12.3 Å². The number of rotatable bonds is 7. The average molecular weight is 448 g/mol. The number of pyridine rings is 1. The Hall–Kier alpha value is -4.38. The van der Waals surface area contributed by atoms with Gasteiger partial charge in [0, 0.05) is 18.0 Å². The summed E-state index contributed by atoms with van der Waals surface area (Å²) in [7, 11) is 0. The van der Waals surface area contributed by atoms with E-state index in [4.69, 9.17) is 9.72 Å². The third-order valence-corrected chi connectivity index (χ3v) is 5.64. The third kappa shape index (κ3) is 4.69. The van der Waals surface area contributed by atoms with Gasteiger partial charge in [-0.2, -0.15) is 0 Å². The fraction of sp³-hybridized carbons (Fsp3) is 0.103. The number of nitrogens with zero attached hydrogens (tertiary/aromatic N) is 2. The summed E-state index contributed by atoms with van der Waals surface area (Å²) in [6.45, 7) is 2.57. The molecule has 2 aromatic heterocycles. The van der Waals surface area contributed by atoms with Crippen LogP contribution in [-0.2, 0) is 11.2 Å². The van der Waals surface area contributed by atoms with E-state index in [1.165, 1.54) is 5.56 Å². The van der Waals surface area contributed by atoms with Crippen LogP contribution in [0.4, 0.5) is 5.69 Å². The molecule has 2 heterocycles. The van der Waals surface area contributed by atoms with Crippen LogP contribution in [0.25, 0.3) is 28.0 Å². The third-order valence-electron chi connectivity index (χ3n) is 5.64. The van der Waals surface area contributed by atoms with Gasteiger partial charge in [0.1, 0.15) is 5.75 Å². The Bertz CT molecular complexity index is 1410. The van der Waals surface area contributed by atoms with Crippen LogP contribution in [-0.4, -0.2) is 21.9 Å². The molecule has 5 aromatic rings. The number of nitrogens with one attached hydrogen (secondary N) is 1. The monoisotopic (exact) mass is 447 g/mol. The van der Waals surface area contributed by atoms with Crippen LogP contribution in [0, 0.1) is 0 Å². The molecule has 5 rings (SSSR count). The van der Waals surface area contributed by atoms with E-state index in [1.54, 1.807) is 0 Å². The molecule has 0 spiro atoms. The molecular formula is C29H25N3O2. The number of amides is 1. The number of aromatic nitrogens is 2. The van der Waals surface area contributed by atoms with Gasteiger partial charge in [-0.05, 0) is 47.9 Å². The summed E-state index contributed by atoms with van der Waals surface area (Å²) in [5, 5.41) is 3.02. The minimum Gasteiger partial charge on any atom is -0.494 e. The van der Waals surface area contributed by atoms with Gasteiger partial charge in [-0.1, -0.05) is 66.7 Å². The standard InChI is InChI=1S/C29H25N3O2/c1-2-34-25-16-10-21(11-17-25)19-28(33)30-26-9-6-18-32-20-27(31-29(26)32)24-14-12-23(13-15-24)22-7-4-3-5-8-22/h3-18,20H,2,19H2,1H3,(H,30,33). The van der Waals surface area contributed by atoms with E-state index >= 15 is 0 Å². The van der Waals surface area contributed by atoms with Gasteiger partial charge in [-0.3, -0.25) is 4.79 Å². The van der Waals surface area contributed by atoms with E-state index in [0.717, 1.165) is 28.1 Å². The molecule has 0 aliphatic carbocycles. The number of hydrogen-bond acceptors (Lipinski definition) is 3. The highest BCUT2D eigenvalue weighted by atomic mass is 16.5. The molecule has 0 fully saturated rings. The molecule has 0 saturated heterocycles. The lowest BCUT2D eigenvalue weighted by molar-refractivity contribution is -0.115. The maximum Gasteiger partial charge on any atom is 0.228 e. The van der Waals surface area contributed by atoms with Crippen LogP contribution in [0.1, 0.15) is 12.5 Å². The van der Waals surface area contributed by atoms with Gasteiger partial charge in [0.05, 0.1) is 24.4 Å². The van der Waals surface area contributed by atoms with Crippen LogP contribution >= 0.6 is 0 Å². The van der Waals surface area contributed by atoms with Crippen molar-refractivity contribution < 1.29 is 9.53 Å². The summed E-state index contributed by atoms with van der Waals surface area (Å²) in [5.41, 5.74) is 6.55. The molecule has 0 aliphatic rings. The zero-order chi connectivity index (χ0) is 23.3. The summed E-state index contributed by atoms with van der Waals surface area (Å²) < 4.78 is 7.40. The number of carbonyl (C=O) groups is 1. The number of ether oxygens (including phenoxy) is 1. The van der Waals surface area contributed by atoms with Crippen molar-refractivity contribution in [3.63, 3.8) is 0 Å². The Kier molecular flexibility index (Phi) is 6.08. The maximum atomic E-state index is 12.7. The Labute approximate surface area is 198 Å². The van der Waals surface area contributed by atoms with Crippen molar-refractivity contribution in [1.82, 2.24) is 9.38 Å². The Morgan fingerprint density at radius 2 is 1.56 bits per heavy atom. The summed E-state index contributed by atoms with van der Waals surface area (Å²) in [5.74, 6) is 0.715. The molecule has 0 aliphatic heterocycles. The van der Waals surface area contributed by atoms with Gasteiger partial charge in [0.2, 0.25) is 5.91 Å². The van der Waals surface area contributed by atoms with Crippen LogP contribution in [0.5, 0.6) is 5.75 Å². The number of imidazole rings is 1. The van der Waals surface area contributed by atoms with Crippen molar-refractivity contribution in [2.24, 2.45) is 0 Å². The van der Waals surface area contributed by atoms with Gasteiger partial charge in [0.15, 0.2) is 5.65 Å². The van der Waals surface area contributed by atoms with Crippen molar-refractivity contribution in [2.45, 2.75) is 13.3 Å². The average Bonchev–Trinajstić information content (AvgIpc) is 3.32. The van der Waals surface area contributed by atoms with Gasteiger partial charge in [0.25, 0.3) is 0 Å². The predicted octanol–water partition coefficient (Wildman–Crippen LogP) is 6.25. The fourth-order valence-electron chi connectivity index (χ4n) is 3.96. The van der Waals surface area contributed by atoms with Crippen LogP contribution < -0.4 is 10.1 Å². The molecule has 0 radical (unpaired) electrons. The lowest BCUT2D eigenvalue weighted by Crippen LogP contribution is -2.15. The van der Waals surface area contributed by atoms with E-state index in [2.05, 4.69) is 41.7 Å². The Balaban J connectivity index is 1.34. The van der Waals surface area contributed by atoms with Crippen molar-refractivity contribution >= 4 is 17.2 Å². The molecule has 1 N–H and O–H groups in total. The number of fused-ring (bicyclic) bond motifs is 1. The first-order valence-corrected chi connectivity index (χ1v) is 11.3. The number of anilines is 1. The van der Waals surface area contributed by atoms with Crippen molar-refractivity contribution in [2.75, 3.05) is 11.9 Å². The molecular weight excluding hydrogens is 422 g/mol. The molecule has 5 heteroatoms. The Morgan fingerprint density at radius 1 is 0.853 bits per heavy atom. The van der Waals surface area contributed by atoms with Crippen molar-refractivity contribution in [3.8, 4) is 28.1 Å². The quantitative estimate of drug-likeness (QED) is 0.321. The molecule has 0 atom stereocenters. The fourth-order valence-corrected chi connectivity index (χ4v) is 3.96. The largest absolute Gasteiger partial charge is 0.494 e. The van der Waals surface area contributed by atoms with Gasteiger partial charge in [-0.25, -0.2) is 4.98 Å². The van der Waals surface area contributed by atoms with E-state index in [0.29, 0.717) is 17.9 Å². The molecule has 34 heavy (non-hydrogen) atoms. The first kappa shape index (κ1) is 21.5. The SMILES string of the molecule is CCOc1ccc(CC(=O)Nc2cccn3cc(-c4ccc(-c5ccccc5)cc4)nc23)cc1. The maximum absolute atomic E-state index is 12.7. The van der Waals surface area contributed by atoms with Crippen molar-refractivity contribution in [1.29, 1.82) is 0 Å². The highest BCUT2D eigenvalue weighted by molar-refractivity contribution is 5.95. The minimum atomic E-state index is -0.0889. The van der Waals surface area contributed by atoms with Crippen LogP contribution in [0.2, 0.25) is 0 Å². The first-order chi connectivity index (χ1) is 16.7. The second-order valence-electron chi connectivity index (χ2n) is 8.02. The number of hydrogen-bond donors (Lipinski definition) is 1. The van der Waals surface area contributed by atoms with Crippen LogP contribution in [0.15, 0.2) is 103 Å². The van der Waals surface area contributed by atoms with E-state index < -0.39 is 0 Å². The molecule has 0 saturated carbocycles. The van der Waals surface area contributed by atoms with E-state index in [9.17, 15) is 4.79 Å². The molecule has 1 amide bonds. The van der Waals surface area contributed by atoms with Crippen LogP contribution in [0.3, 0.4) is 0 Å². The topological polar surface area (TPSA) is 55.6 Å². The highest BCUT2D eigenvalue weighted by Crippen LogP contribution is 2.26. The summed E-state index contributed by atoms with van der Waals surface area (Å²) in [6.07, 6.45) is 4.20. The normalized spacial score (nSPS) is 10.9. The lowest BCUT2D eigenvalue weighted by atomic mass is 10.0. The summed E-state index contributed by atoms with van der Waals surface area (Å²) in [4.78, 5) is 17.5. The Morgan fingerprint density at radius 3 is 2.29 bits per heavy atom. The zero-order valence-electron chi connectivity index (χ0n) is 18.9. The lowest BCUT2D eigenvalue weighted by Gasteiger charge is -2.07. The van der Waals surface area contributed by atoms with E-state index in [1.807, 2.05) is 78.3 Å². The van der Waals surface area contributed by atoms with Gasteiger partial charge < -0.3 is 14.5 Å². The predicted molar refractivity (Wildman–Crippen MR) is 136 cm³/mol.